The van der Waals surface area contributed by atoms with E-state index in [9.17, 15) is 14.4 Å². The molecule has 0 bridgehead atoms. The summed E-state index contributed by atoms with van der Waals surface area (Å²) in [4.78, 5) is 34.6. The molecule has 21 heavy (non-hydrogen) atoms. The number of ether oxygens (including phenoxy) is 2. The number of benzene rings is 1. The van der Waals surface area contributed by atoms with Crippen LogP contribution in [0, 0.1) is 6.92 Å². The Morgan fingerprint density at radius 1 is 1.24 bits per heavy atom. The van der Waals surface area contributed by atoms with Crippen LogP contribution in [0.2, 0.25) is 0 Å². The van der Waals surface area contributed by atoms with E-state index in [4.69, 9.17) is 9.47 Å². The zero-order valence-electron chi connectivity index (χ0n) is 12.2. The second kappa shape index (κ2) is 6.52. The zero-order chi connectivity index (χ0) is 15.4. The molecule has 1 aromatic carbocycles. The van der Waals surface area contributed by atoms with Crippen molar-refractivity contribution in [2.24, 2.45) is 0 Å². The molecule has 0 aromatic heterocycles. The van der Waals surface area contributed by atoms with Gasteiger partial charge in [-0.3, -0.25) is 9.59 Å². The molecule has 0 heterocycles. The Labute approximate surface area is 123 Å². The van der Waals surface area contributed by atoms with Crippen molar-refractivity contribution in [2.45, 2.75) is 45.6 Å². The average Bonchev–Trinajstić information content (AvgIpc) is 2.75. The van der Waals surface area contributed by atoms with Gasteiger partial charge in [0.1, 0.15) is 5.75 Å². The van der Waals surface area contributed by atoms with Crippen LogP contribution in [0.15, 0.2) is 18.2 Å². The smallest absolute Gasteiger partial charge is 0.415 e. The number of carbonyl (C=O) groups is 3. The van der Waals surface area contributed by atoms with Crippen LogP contribution in [-0.2, 0) is 20.7 Å². The fourth-order valence-corrected chi connectivity index (χ4v) is 2.23. The maximum absolute atomic E-state index is 11.7. The first-order chi connectivity index (χ1) is 10.0. The van der Waals surface area contributed by atoms with Crippen LogP contribution in [0.5, 0.6) is 5.75 Å². The molecule has 0 spiro atoms. The average molecular weight is 290 g/mol. The number of carbonyl (C=O) groups excluding carboxylic acids is 3. The molecule has 0 aliphatic heterocycles. The zero-order valence-corrected chi connectivity index (χ0v) is 12.2. The number of rotatable bonds is 4. The SMILES string of the molecule is CCCc1ccc(C)c(OC(=O)OC2C(=O)CCC2=O)c1. The van der Waals surface area contributed by atoms with E-state index >= 15 is 0 Å². The predicted molar refractivity (Wildman–Crippen MR) is 75.3 cm³/mol. The highest BCUT2D eigenvalue weighted by atomic mass is 16.7. The Bertz CT molecular complexity index is 560. The number of ketones is 2. The van der Waals surface area contributed by atoms with E-state index in [1.165, 1.54) is 0 Å². The van der Waals surface area contributed by atoms with Crippen LogP contribution in [0.25, 0.3) is 0 Å². The third-order valence-electron chi connectivity index (χ3n) is 3.40. The first-order valence-corrected chi connectivity index (χ1v) is 7.04. The quantitative estimate of drug-likeness (QED) is 0.484. The van der Waals surface area contributed by atoms with Gasteiger partial charge >= 0.3 is 6.16 Å². The Balaban J connectivity index is 2.03. The molecule has 2 rings (SSSR count). The van der Waals surface area contributed by atoms with Crippen molar-refractivity contribution in [1.29, 1.82) is 0 Å². The summed E-state index contributed by atoms with van der Waals surface area (Å²) in [5.41, 5.74) is 1.84. The van der Waals surface area contributed by atoms with E-state index in [-0.39, 0.29) is 24.4 Å². The molecule has 112 valence electrons. The van der Waals surface area contributed by atoms with Crippen LogP contribution in [0.4, 0.5) is 4.79 Å². The van der Waals surface area contributed by atoms with E-state index in [1.807, 2.05) is 19.1 Å². The topological polar surface area (TPSA) is 69.7 Å². The first-order valence-electron chi connectivity index (χ1n) is 7.04. The largest absolute Gasteiger partial charge is 0.515 e. The molecule has 1 aliphatic rings. The fraction of sp³-hybridized carbons (Fsp3) is 0.438. The molecular formula is C16H18O5. The normalized spacial score (nSPS) is 15.3. The summed E-state index contributed by atoms with van der Waals surface area (Å²) in [5, 5.41) is 0. The molecule has 0 atom stereocenters. The Hall–Kier alpha value is -2.17. The van der Waals surface area contributed by atoms with Gasteiger partial charge < -0.3 is 9.47 Å². The number of hydrogen-bond acceptors (Lipinski definition) is 5. The lowest BCUT2D eigenvalue weighted by Gasteiger charge is -2.12. The summed E-state index contributed by atoms with van der Waals surface area (Å²) in [6, 6.07) is 5.61. The van der Waals surface area contributed by atoms with E-state index < -0.39 is 12.3 Å². The summed E-state index contributed by atoms with van der Waals surface area (Å²) in [6.07, 6.45) is -0.190. The van der Waals surface area contributed by atoms with E-state index in [0.717, 1.165) is 24.0 Å². The Kier molecular flexibility index (Phi) is 4.73. The lowest BCUT2D eigenvalue weighted by molar-refractivity contribution is -0.133. The maximum Gasteiger partial charge on any atom is 0.515 e. The highest BCUT2D eigenvalue weighted by molar-refractivity contribution is 6.12. The lowest BCUT2D eigenvalue weighted by Crippen LogP contribution is -2.29. The summed E-state index contributed by atoms with van der Waals surface area (Å²) in [5.74, 6) is -0.342. The first kappa shape index (κ1) is 15.2. The maximum atomic E-state index is 11.7. The van der Waals surface area contributed by atoms with Crippen LogP contribution >= 0.6 is 0 Å². The van der Waals surface area contributed by atoms with Gasteiger partial charge in [0.25, 0.3) is 0 Å². The van der Waals surface area contributed by atoms with Gasteiger partial charge in [0.05, 0.1) is 0 Å². The molecule has 1 fully saturated rings. The highest BCUT2D eigenvalue weighted by Gasteiger charge is 2.36. The minimum atomic E-state index is -1.29. The van der Waals surface area contributed by atoms with Crippen LogP contribution in [0.1, 0.15) is 37.3 Å². The van der Waals surface area contributed by atoms with Gasteiger partial charge in [0.2, 0.25) is 6.10 Å². The van der Waals surface area contributed by atoms with Crippen LogP contribution in [0.3, 0.4) is 0 Å². The minimum Gasteiger partial charge on any atom is -0.415 e. The van der Waals surface area contributed by atoms with Gasteiger partial charge in [-0.1, -0.05) is 25.5 Å². The summed E-state index contributed by atoms with van der Waals surface area (Å²) in [6.45, 7) is 3.87. The summed E-state index contributed by atoms with van der Waals surface area (Å²) < 4.78 is 9.96. The molecular weight excluding hydrogens is 272 g/mol. The third-order valence-corrected chi connectivity index (χ3v) is 3.40. The second-order valence-corrected chi connectivity index (χ2v) is 5.13. The van der Waals surface area contributed by atoms with Crippen molar-refractivity contribution < 1.29 is 23.9 Å². The van der Waals surface area contributed by atoms with Crippen molar-refractivity contribution >= 4 is 17.7 Å². The van der Waals surface area contributed by atoms with Gasteiger partial charge in [-0.2, -0.15) is 0 Å². The minimum absolute atomic E-state index is 0.127. The molecule has 0 N–H and O–H groups in total. The van der Waals surface area contributed by atoms with E-state index in [0.29, 0.717) is 5.75 Å². The molecule has 0 unspecified atom stereocenters. The number of hydrogen-bond donors (Lipinski definition) is 0. The highest BCUT2D eigenvalue weighted by Crippen LogP contribution is 2.22. The molecule has 1 aromatic rings. The summed E-state index contributed by atoms with van der Waals surface area (Å²) in [7, 11) is 0. The second-order valence-electron chi connectivity index (χ2n) is 5.13. The van der Waals surface area contributed by atoms with Crippen LogP contribution in [-0.4, -0.2) is 23.8 Å². The molecule has 0 amide bonds. The number of Topliss-reactive ketones (excluding diaryl/α,β-unsaturated/α-hetero) is 2. The molecule has 0 saturated heterocycles. The van der Waals surface area contributed by atoms with Gasteiger partial charge in [-0.05, 0) is 30.5 Å². The van der Waals surface area contributed by atoms with Crippen molar-refractivity contribution in [3.05, 3.63) is 29.3 Å². The molecule has 1 aliphatic carbocycles. The fourth-order valence-electron chi connectivity index (χ4n) is 2.23. The van der Waals surface area contributed by atoms with Crippen molar-refractivity contribution in [3.63, 3.8) is 0 Å². The molecule has 0 radical (unpaired) electrons. The van der Waals surface area contributed by atoms with Crippen molar-refractivity contribution in [2.75, 3.05) is 0 Å². The van der Waals surface area contributed by atoms with E-state index in [2.05, 4.69) is 6.92 Å². The molecule has 5 nitrogen and oxygen atoms in total. The molecule has 1 saturated carbocycles. The van der Waals surface area contributed by atoms with E-state index in [1.54, 1.807) is 6.07 Å². The van der Waals surface area contributed by atoms with Gasteiger partial charge in [-0.15, -0.1) is 0 Å². The van der Waals surface area contributed by atoms with Crippen molar-refractivity contribution in [1.82, 2.24) is 0 Å². The number of aryl methyl sites for hydroxylation is 2. The predicted octanol–water partition coefficient (Wildman–Crippen LogP) is 2.76. The Morgan fingerprint density at radius 2 is 1.90 bits per heavy atom. The van der Waals surface area contributed by atoms with Crippen molar-refractivity contribution in [3.8, 4) is 5.75 Å². The monoisotopic (exact) mass is 290 g/mol. The van der Waals surface area contributed by atoms with Gasteiger partial charge in [-0.25, -0.2) is 4.79 Å². The van der Waals surface area contributed by atoms with Crippen LogP contribution < -0.4 is 4.74 Å². The third kappa shape index (κ3) is 3.68. The lowest BCUT2D eigenvalue weighted by atomic mass is 10.1. The van der Waals surface area contributed by atoms with Gasteiger partial charge in [0, 0.05) is 12.8 Å². The Morgan fingerprint density at radius 3 is 2.52 bits per heavy atom. The van der Waals surface area contributed by atoms with Gasteiger partial charge in [0.15, 0.2) is 11.6 Å². The molecule has 5 heteroatoms. The summed E-state index contributed by atoms with van der Waals surface area (Å²) >= 11 is 0. The standard InChI is InChI=1S/C16H18O5/c1-3-4-11-6-5-10(2)14(9-11)20-16(19)21-15-12(17)7-8-13(15)18/h5-6,9,15H,3-4,7-8H2,1-2H3.